The third kappa shape index (κ3) is 8.71. The zero-order valence-electron chi connectivity index (χ0n) is 9.96. The molecule has 0 saturated carbocycles. The number of hydrogen-bond donors (Lipinski definition) is 2. The van der Waals surface area contributed by atoms with Crippen molar-refractivity contribution in [2.45, 2.75) is 32.2 Å². The third-order valence-electron chi connectivity index (χ3n) is 1.74. The van der Waals surface area contributed by atoms with Crippen LogP contribution in [0.4, 0.5) is 13.2 Å². The quantitative estimate of drug-likeness (QED) is 0.865. The molecule has 17 heavy (non-hydrogen) atoms. The number of nitrogens with two attached hydrogens (primary N) is 1. The molecule has 0 aliphatic heterocycles. The van der Waals surface area contributed by atoms with Gasteiger partial charge in [0.2, 0.25) is 5.92 Å². The lowest BCUT2D eigenvalue weighted by Crippen LogP contribution is -2.13. The van der Waals surface area contributed by atoms with Crippen LogP contribution in [0.15, 0.2) is 24.3 Å². The number of rotatable bonds is 3. The fraction of sp³-hybridized carbons (Fsp3) is 0.500. The van der Waals surface area contributed by atoms with Crippen LogP contribution in [-0.4, -0.2) is 17.6 Å². The van der Waals surface area contributed by atoms with E-state index in [-0.39, 0.29) is 12.4 Å². The van der Waals surface area contributed by atoms with Gasteiger partial charge in [-0.15, -0.1) is 0 Å². The smallest absolute Gasteiger partial charge is 0.242 e. The molecular weight excluding hydrogens is 231 g/mol. The van der Waals surface area contributed by atoms with Crippen molar-refractivity contribution in [2.24, 2.45) is 5.73 Å². The second kappa shape index (κ2) is 7.29. The summed E-state index contributed by atoms with van der Waals surface area (Å²) >= 11 is 0. The monoisotopic (exact) mass is 249 g/mol. The normalized spacial score (nSPS) is 12.6. The van der Waals surface area contributed by atoms with E-state index < -0.39 is 12.0 Å². The fourth-order valence-corrected chi connectivity index (χ4v) is 1.07. The Morgan fingerprint density at radius 3 is 2.18 bits per heavy atom. The number of aliphatic hydroxyl groups is 1. The fourth-order valence-electron chi connectivity index (χ4n) is 1.07. The highest BCUT2D eigenvalue weighted by atomic mass is 19.3. The van der Waals surface area contributed by atoms with Crippen molar-refractivity contribution in [1.82, 2.24) is 0 Å². The summed E-state index contributed by atoms with van der Waals surface area (Å²) in [6.45, 7) is 1.69. The summed E-state index contributed by atoms with van der Waals surface area (Å²) in [7, 11) is 0. The van der Waals surface area contributed by atoms with Crippen LogP contribution in [0.3, 0.4) is 0 Å². The molecule has 0 bridgehead atoms. The molecular formula is C12H18F3NO. The maximum Gasteiger partial charge on any atom is 0.242 e. The average molecular weight is 249 g/mol. The van der Waals surface area contributed by atoms with Gasteiger partial charge >= 0.3 is 0 Å². The second-order valence-electron chi connectivity index (χ2n) is 3.97. The summed E-state index contributed by atoms with van der Waals surface area (Å²) in [5, 5.41) is 8.59. The Labute approximate surface area is 99.3 Å². The van der Waals surface area contributed by atoms with Crippen molar-refractivity contribution in [3.63, 3.8) is 0 Å². The molecule has 98 valence electrons. The zero-order valence-corrected chi connectivity index (χ0v) is 9.96. The molecule has 0 amide bonds. The SMILES string of the molecule is CC(C)(F)F.NC(CCO)c1ccccc1F. The van der Waals surface area contributed by atoms with Gasteiger partial charge in [-0.2, -0.15) is 0 Å². The molecule has 1 unspecified atom stereocenters. The molecule has 0 spiro atoms. The Morgan fingerprint density at radius 1 is 1.29 bits per heavy atom. The topological polar surface area (TPSA) is 46.2 Å². The van der Waals surface area contributed by atoms with Gasteiger partial charge in [-0.3, -0.25) is 0 Å². The van der Waals surface area contributed by atoms with Crippen molar-refractivity contribution < 1.29 is 18.3 Å². The minimum atomic E-state index is -2.50. The van der Waals surface area contributed by atoms with Crippen LogP contribution in [0, 0.1) is 5.82 Å². The van der Waals surface area contributed by atoms with Gasteiger partial charge in [-0.05, 0) is 26.3 Å². The van der Waals surface area contributed by atoms with E-state index in [4.69, 9.17) is 10.8 Å². The predicted octanol–water partition coefficient (Wildman–Crippen LogP) is 2.87. The number of benzene rings is 1. The van der Waals surface area contributed by atoms with Crippen molar-refractivity contribution in [3.05, 3.63) is 35.6 Å². The van der Waals surface area contributed by atoms with E-state index in [0.717, 1.165) is 13.8 Å². The van der Waals surface area contributed by atoms with Gasteiger partial charge in [0.05, 0.1) is 0 Å². The Kier molecular flexibility index (Phi) is 6.83. The molecule has 0 aromatic heterocycles. The van der Waals surface area contributed by atoms with Gasteiger partial charge in [-0.1, -0.05) is 18.2 Å². The van der Waals surface area contributed by atoms with Crippen LogP contribution >= 0.6 is 0 Å². The van der Waals surface area contributed by atoms with E-state index in [1.54, 1.807) is 18.2 Å². The van der Waals surface area contributed by atoms with Crippen molar-refractivity contribution in [2.75, 3.05) is 6.61 Å². The highest BCUT2D eigenvalue weighted by Crippen LogP contribution is 2.16. The molecule has 5 heteroatoms. The highest BCUT2D eigenvalue weighted by molar-refractivity contribution is 5.20. The molecule has 0 radical (unpaired) electrons. The molecule has 2 nitrogen and oxygen atoms in total. The minimum Gasteiger partial charge on any atom is -0.396 e. The maximum atomic E-state index is 13.0. The van der Waals surface area contributed by atoms with Gasteiger partial charge in [0, 0.05) is 18.2 Å². The van der Waals surface area contributed by atoms with Crippen LogP contribution in [0.2, 0.25) is 0 Å². The lowest BCUT2D eigenvalue weighted by atomic mass is 10.0. The summed E-state index contributed by atoms with van der Waals surface area (Å²) in [4.78, 5) is 0. The summed E-state index contributed by atoms with van der Waals surface area (Å²) in [5.41, 5.74) is 6.07. The standard InChI is InChI=1S/C9H12FNO.C3H6F2/c10-8-4-2-1-3-7(8)9(11)5-6-12;1-3(2,4)5/h1-4,9,12H,5-6,11H2;1-2H3. The molecule has 1 rings (SSSR count). The van der Waals surface area contributed by atoms with Crippen LogP contribution < -0.4 is 5.73 Å². The van der Waals surface area contributed by atoms with E-state index in [9.17, 15) is 13.2 Å². The summed E-state index contributed by atoms with van der Waals surface area (Å²) in [6, 6.07) is 5.94. The zero-order chi connectivity index (χ0) is 13.5. The summed E-state index contributed by atoms with van der Waals surface area (Å²) in [6.07, 6.45) is 0.390. The average Bonchev–Trinajstić information content (AvgIpc) is 2.16. The Morgan fingerprint density at radius 2 is 1.76 bits per heavy atom. The molecule has 1 aromatic rings. The largest absolute Gasteiger partial charge is 0.396 e. The molecule has 1 atom stereocenters. The summed E-state index contributed by atoms with van der Waals surface area (Å²) < 4.78 is 35.0. The van der Waals surface area contributed by atoms with Crippen molar-refractivity contribution >= 4 is 0 Å². The van der Waals surface area contributed by atoms with Gasteiger partial charge in [0.25, 0.3) is 0 Å². The molecule has 0 heterocycles. The minimum absolute atomic E-state index is 0.0184. The van der Waals surface area contributed by atoms with E-state index in [0.29, 0.717) is 12.0 Å². The predicted molar refractivity (Wildman–Crippen MR) is 61.3 cm³/mol. The van der Waals surface area contributed by atoms with E-state index in [1.165, 1.54) is 6.07 Å². The number of halogens is 3. The Balaban J connectivity index is 0.000000437. The third-order valence-corrected chi connectivity index (χ3v) is 1.74. The Bertz CT molecular complexity index is 320. The first-order valence-electron chi connectivity index (χ1n) is 5.24. The number of alkyl halides is 2. The van der Waals surface area contributed by atoms with Crippen molar-refractivity contribution in [3.8, 4) is 0 Å². The lowest BCUT2D eigenvalue weighted by molar-refractivity contribution is 0.0437. The van der Waals surface area contributed by atoms with E-state index in [1.807, 2.05) is 0 Å². The first-order valence-corrected chi connectivity index (χ1v) is 5.24. The number of aliphatic hydroxyl groups excluding tert-OH is 1. The van der Waals surface area contributed by atoms with Gasteiger partial charge in [0.1, 0.15) is 5.82 Å². The maximum absolute atomic E-state index is 13.0. The van der Waals surface area contributed by atoms with Gasteiger partial charge in [-0.25, -0.2) is 13.2 Å². The number of hydrogen-bond acceptors (Lipinski definition) is 2. The van der Waals surface area contributed by atoms with E-state index >= 15 is 0 Å². The van der Waals surface area contributed by atoms with Crippen LogP contribution in [0.25, 0.3) is 0 Å². The Hall–Kier alpha value is -1.07. The highest BCUT2D eigenvalue weighted by Gasteiger charge is 2.09. The van der Waals surface area contributed by atoms with Crippen LogP contribution in [0.5, 0.6) is 0 Å². The van der Waals surface area contributed by atoms with E-state index in [2.05, 4.69) is 0 Å². The molecule has 0 aliphatic carbocycles. The van der Waals surface area contributed by atoms with Gasteiger partial charge < -0.3 is 10.8 Å². The summed E-state index contributed by atoms with van der Waals surface area (Å²) in [5.74, 6) is -2.81. The van der Waals surface area contributed by atoms with Crippen molar-refractivity contribution in [1.29, 1.82) is 0 Å². The van der Waals surface area contributed by atoms with Crippen LogP contribution in [0.1, 0.15) is 31.9 Å². The molecule has 0 saturated heterocycles. The molecule has 0 fully saturated rings. The first kappa shape index (κ1) is 15.9. The van der Waals surface area contributed by atoms with Gasteiger partial charge in [0.15, 0.2) is 0 Å². The first-order chi connectivity index (χ1) is 7.75. The molecule has 1 aromatic carbocycles. The van der Waals surface area contributed by atoms with Crippen LogP contribution in [-0.2, 0) is 0 Å². The molecule has 3 N–H and O–H groups in total. The second-order valence-corrected chi connectivity index (χ2v) is 3.97. The molecule has 0 aliphatic rings. The lowest BCUT2D eigenvalue weighted by Gasteiger charge is -2.10.